The highest BCUT2D eigenvalue weighted by atomic mass is 32.8. The molecule has 0 aliphatic rings. The first-order chi connectivity index (χ1) is 6.88. The molecule has 15 heavy (non-hydrogen) atoms. The molecule has 6 heteroatoms. The molecule has 0 spiro atoms. The third-order valence-electron chi connectivity index (χ3n) is 1.85. The summed E-state index contributed by atoms with van der Waals surface area (Å²) < 4.78 is 19.7. The van der Waals surface area contributed by atoms with Crippen molar-refractivity contribution in [3.8, 4) is 0 Å². The highest BCUT2D eigenvalue weighted by Crippen LogP contribution is 2.06. The van der Waals surface area contributed by atoms with Crippen molar-refractivity contribution in [2.24, 2.45) is 0 Å². The van der Waals surface area contributed by atoms with E-state index in [1.807, 2.05) is 0 Å². The lowest BCUT2D eigenvalue weighted by molar-refractivity contribution is 0.0697. The van der Waals surface area contributed by atoms with E-state index in [-0.39, 0.29) is 11.3 Å². The van der Waals surface area contributed by atoms with Gasteiger partial charge in [0.25, 0.3) is 0 Å². The molecule has 1 rings (SSSR count). The molecule has 4 nitrogen and oxygen atoms in total. The molecule has 0 aromatic heterocycles. The molecule has 1 atom stereocenters. The third kappa shape index (κ3) is 4.37. The summed E-state index contributed by atoms with van der Waals surface area (Å²) in [5.41, 5.74) is 0.994. The Morgan fingerprint density at radius 2 is 1.87 bits per heavy atom. The van der Waals surface area contributed by atoms with Crippen LogP contribution in [0.5, 0.6) is 0 Å². The van der Waals surface area contributed by atoms with E-state index in [0.29, 0.717) is 6.42 Å². The molecule has 1 aromatic carbocycles. The molecule has 0 saturated heterocycles. The van der Waals surface area contributed by atoms with Gasteiger partial charge in [-0.25, -0.2) is 9.00 Å². The van der Waals surface area contributed by atoms with Gasteiger partial charge >= 0.3 is 5.97 Å². The van der Waals surface area contributed by atoms with Crippen LogP contribution in [0.2, 0.25) is 0 Å². The van der Waals surface area contributed by atoms with Crippen molar-refractivity contribution in [2.45, 2.75) is 6.42 Å². The number of hydrogen-bond donors (Lipinski definition) is 2. The van der Waals surface area contributed by atoms with Crippen LogP contribution in [0, 0.1) is 0 Å². The van der Waals surface area contributed by atoms with Crippen LogP contribution in [0.3, 0.4) is 0 Å². The van der Waals surface area contributed by atoms with Gasteiger partial charge in [0.15, 0.2) is 0 Å². The molecule has 0 fully saturated rings. The third-order valence-corrected chi connectivity index (χ3v) is 3.07. The Bertz CT molecular complexity index is 448. The average molecular weight is 246 g/mol. The summed E-state index contributed by atoms with van der Waals surface area (Å²) in [6.07, 6.45) is 0.374. The van der Waals surface area contributed by atoms with Gasteiger partial charge < -0.3 is 9.66 Å². The first-order valence-electron chi connectivity index (χ1n) is 4.16. The molecule has 0 saturated carbocycles. The minimum atomic E-state index is -3.13. The van der Waals surface area contributed by atoms with E-state index < -0.39 is 14.7 Å². The lowest BCUT2D eigenvalue weighted by Gasteiger charge is -2.01. The summed E-state index contributed by atoms with van der Waals surface area (Å²) >= 11 is 4.34. The first-order valence-corrected chi connectivity index (χ1v) is 6.77. The van der Waals surface area contributed by atoms with Crippen LogP contribution in [0.4, 0.5) is 0 Å². The standard InChI is InChI=1S/C9H10O4S2/c10-9(11)8-3-1-7(2-4-8)5-6-15(12,13)14/h1-4H,5-6H2,(H,10,11)(H,12,13,14). The minimum Gasteiger partial charge on any atom is -0.478 e. The van der Waals surface area contributed by atoms with Gasteiger partial charge in [0.05, 0.1) is 11.3 Å². The topological polar surface area (TPSA) is 74.6 Å². The summed E-state index contributed by atoms with van der Waals surface area (Å²) in [6, 6.07) is 6.15. The van der Waals surface area contributed by atoms with E-state index in [1.54, 1.807) is 12.1 Å². The molecule has 0 bridgehead atoms. The Balaban J connectivity index is 2.69. The Kier molecular flexibility index (Phi) is 3.78. The second kappa shape index (κ2) is 4.69. The summed E-state index contributed by atoms with van der Waals surface area (Å²) in [5, 5.41) is 8.63. The molecule has 0 radical (unpaired) electrons. The van der Waals surface area contributed by atoms with Crippen molar-refractivity contribution in [1.29, 1.82) is 0 Å². The molecule has 1 unspecified atom stereocenters. The summed E-state index contributed by atoms with van der Waals surface area (Å²) in [6.45, 7) is 0. The first kappa shape index (κ1) is 12.1. The van der Waals surface area contributed by atoms with E-state index in [1.165, 1.54) is 12.1 Å². The molecule has 1 aromatic rings. The van der Waals surface area contributed by atoms with Gasteiger partial charge in [0, 0.05) is 11.2 Å². The fourth-order valence-corrected chi connectivity index (χ4v) is 1.80. The molecule has 0 aliphatic carbocycles. The van der Waals surface area contributed by atoms with Crippen molar-refractivity contribution in [3.63, 3.8) is 0 Å². The summed E-state index contributed by atoms with van der Waals surface area (Å²) in [4.78, 5) is 10.5. The van der Waals surface area contributed by atoms with Crippen molar-refractivity contribution >= 4 is 25.9 Å². The quantitative estimate of drug-likeness (QED) is 0.833. The van der Waals surface area contributed by atoms with E-state index in [0.717, 1.165) is 5.56 Å². The van der Waals surface area contributed by atoms with Crippen LogP contribution in [0.15, 0.2) is 24.3 Å². The van der Waals surface area contributed by atoms with Crippen LogP contribution in [0.25, 0.3) is 0 Å². The predicted octanol–water partition coefficient (Wildman–Crippen LogP) is 1.15. The van der Waals surface area contributed by atoms with Gasteiger partial charge in [-0.15, -0.1) is 0 Å². The van der Waals surface area contributed by atoms with Crippen LogP contribution in [-0.4, -0.2) is 25.6 Å². The number of aromatic carboxylic acids is 1. The lowest BCUT2D eigenvalue weighted by atomic mass is 10.1. The predicted molar refractivity (Wildman–Crippen MR) is 60.1 cm³/mol. The van der Waals surface area contributed by atoms with Crippen molar-refractivity contribution < 1.29 is 18.7 Å². The summed E-state index contributed by atoms with van der Waals surface area (Å²) in [5.74, 6) is -0.981. The zero-order valence-electron chi connectivity index (χ0n) is 7.75. The van der Waals surface area contributed by atoms with Gasteiger partial charge in [-0.1, -0.05) is 12.1 Å². The number of benzene rings is 1. The van der Waals surface area contributed by atoms with E-state index in [2.05, 4.69) is 11.2 Å². The number of carboxylic acid groups (broad SMARTS) is 1. The fourth-order valence-electron chi connectivity index (χ4n) is 1.06. The Labute approximate surface area is 92.4 Å². The largest absolute Gasteiger partial charge is 0.478 e. The highest BCUT2D eigenvalue weighted by molar-refractivity contribution is 8.29. The van der Waals surface area contributed by atoms with Crippen molar-refractivity contribution in [2.75, 3.05) is 5.75 Å². The molecule has 0 aliphatic heterocycles. The smallest absolute Gasteiger partial charge is 0.335 e. The van der Waals surface area contributed by atoms with Crippen LogP contribution in [-0.2, 0) is 26.4 Å². The van der Waals surface area contributed by atoms with Gasteiger partial charge in [0.1, 0.15) is 8.77 Å². The van der Waals surface area contributed by atoms with Gasteiger partial charge in [0.2, 0.25) is 0 Å². The maximum absolute atomic E-state index is 10.8. The monoisotopic (exact) mass is 246 g/mol. The van der Waals surface area contributed by atoms with Crippen LogP contribution in [0.1, 0.15) is 15.9 Å². The SMILES string of the molecule is O=C(O)c1ccc(CCS(=O)(O)=S)cc1. The highest BCUT2D eigenvalue weighted by Gasteiger charge is 2.04. The Morgan fingerprint density at radius 1 is 1.33 bits per heavy atom. The molecular weight excluding hydrogens is 236 g/mol. The van der Waals surface area contributed by atoms with Crippen molar-refractivity contribution in [3.05, 3.63) is 35.4 Å². The van der Waals surface area contributed by atoms with Gasteiger partial charge in [-0.2, -0.15) is 0 Å². The Hall–Kier alpha value is -0.980. The number of aryl methyl sites for hydroxylation is 1. The maximum atomic E-state index is 10.8. The van der Waals surface area contributed by atoms with Gasteiger partial charge in [-0.05, 0) is 24.1 Å². The molecule has 0 heterocycles. The molecule has 82 valence electrons. The van der Waals surface area contributed by atoms with E-state index >= 15 is 0 Å². The lowest BCUT2D eigenvalue weighted by Crippen LogP contribution is -2.05. The molecule has 2 N–H and O–H groups in total. The fraction of sp³-hybridized carbons (Fsp3) is 0.222. The van der Waals surface area contributed by atoms with E-state index in [4.69, 9.17) is 9.66 Å². The second-order valence-electron chi connectivity index (χ2n) is 3.04. The summed E-state index contributed by atoms with van der Waals surface area (Å²) in [7, 11) is -3.13. The second-order valence-corrected chi connectivity index (χ2v) is 6.17. The van der Waals surface area contributed by atoms with E-state index in [9.17, 15) is 9.00 Å². The van der Waals surface area contributed by atoms with Gasteiger partial charge in [-0.3, -0.25) is 0 Å². The normalized spacial score (nSPS) is 14.5. The Morgan fingerprint density at radius 3 is 2.27 bits per heavy atom. The number of carboxylic acids is 1. The minimum absolute atomic E-state index is 0.00868. The number of rotatable bonds is 4. The van der Waals surface area contributed by atoms with Crippen LogP contribution < -0.4 is 0 Å². The zero-order valence-corrected chi connectivity index (χ0v) is 9.38. The zero-order chi connectivity index (χ0) is 11.5. The number of carbonyl (C=O) groups is 1. The van der Waals surface area contributed by atoms with Crippen molar-refractivity contribution in [1.82, 2.24) is 0 Å². The maximum Gasteiger partial charge on any atom is 0.335 e. The van der Waals surface area contributed by atoms with Crippen LogP contribution >= 0.6 is 0 Å². The number of hydrogen-bond acceptors (Lipinski definition) is 3. The molecular formula is C9H10O4S2. The average Bonchev–Trinajstić information content (AvgIpc) is 2.14. The molecule has 0 amide bonds.